The van der Waals surface area contributed by atoms with Crippen molar-refractivity contribution in [2.45, 2.75) is 52.4 Å². The first-order chi connectivity index (χ1) is 5.71. The summed E-state index contributed by atoms with van der Waals surface area (Å²) in [5, 5.41) is 8.19. The van der Waals surface area contributed by atoms with Crippen molar-refractivity contribution in [3.8, 4) is 0 Å². The standard InChI is InChI=1S/C10H18N3.V/c1-9(2,3)7-11-8(13-12-7)10(4,5)6;/h1-6H3;/q-1;. The number of hydrogen-bond donors (Lipinski definition) is 0. The monoisotopic (exact) mass is 231 g/mol. The van der Waals surface area contributed by atoms with Crippen LogP contribution in [0.1, 0.15) is 53.2 Å². The van der Waals surface area contributed by atoms with E-state index in [4.69, 9.17) is 0 Å². The molecule has 0 fully saturated rings. The molecule has 4 heteroatoms. The zero-order valence-electron chi connectivity index (χ0n) is 9.79. The first kappa shape index (κ1) is 13.7. The first-order valence-corrected chi connectivity index (χ1v) is 4.59. The van der Waals surface area contributed by atoms with Gasteiger partial charge in [-0.3, -0.25) is 0 Å². The van der Waals surface area contributed by atoms with Gasteiger partial charge in [0.1, 0.15) is 0 Å². The summed E-state index contributed by atoms with van der Waals surface area (Å²) in [6.07, 6.45) is 0. The SMILES string of the molecule is CC(C)(C)c1nnc(C(C)(C)C)[n-]1.[V]. The molecule has 0 spiro atoms. The maximum atomic E-state index is 4.43. The number of nitrogens with zero attached hydrogens (tertiary/aromatic N) is 3. The van der Waals surface area contributed by atoms with E-state index in [0.717, 1.165) is 11.6 Å². The van der Waals surface area contributed by atoms with Crippen LogP contribution in [0.5, 0.6) is 0 Å². The molecular formula is C10H18N3V-. The quantitative estimate of drug-likeness (QED) is 0.685. The maximum Gasteiger partial charge on any atom is 0 e. The largest absolute Gasteiger partial charge is 0.366 e. The molecule has 0 atom stereocenters. The van der Waals surface area contributed by atoms with Crippen molar-refractivity contribution < 1.29 is 18.6 Å². The zero-order chi connectivity index (χ0) is 10.3. The Kier molecular flexibility index (Phi) is 3.99. The third-order valence-electron chi connectivity index (χ3n) is 1.79. The van der Waals surface area contributed by atoms with Gasteiger partial charge >= 0.3 is 0 Å². The second kappa shape index (κ2) is 4.07. The van der Waals surface area contributed by atoms with Crippen LogP contribution in [0.3, 0.4) is 0 Å². The van der Waals surface area contributed by atoms with E-state index >= 15 is 0 Å². The Balaban J connectivity index is 0.00000169. The van der Waals surface area contributed by atoms with Gasteiger partial charge in [0, 0.05) is 18.6 Å². The molecule has 3 nitrogen and oxygen atoms in total. The number of aromatic nitrogens is 3. The summed E-state index contributed by atoms with van der Waals surface area (Å²) < 4.78 is 0. The summed E-state index contributed by atoms with van der Waals surface area (Å²) in [7, 11) is 0. The molecule has 0 bridgehead atoms. The molecule has 1 radical (unpaired) electrons. The summed E-state index contributed by atoms with van der Waals surface area (Å²) in [5.74, 6) is 1.66. The van der Waals surface area contributed by atoms with Gasteiger partial charge in [-0.25, -0.2) is 0 Å². The van der Waals surface area contributed by atoms with Crippen molar-refractivity contribution in [3.05, 3.63) is 11.6 Å². The molecule has 14 heavy (non-hydrogen) atoms. The van der Waals surface area contributed by atoms with Crippen molar-refractivity contribution in [1.29, 1.82) is 0 Å². The Bertz CT molecular complexity index is 263. The predicted molar refractivity (Wildman–Crippen MR) is 52.8 cm³/mol. The van der Waals surface area contributed by atoms with Gasteiger partial charge in [0.15, 0.2) is 0 Å². The fourth-order valence-electron chi connectivity index (χ4n) is 0.875. The van der Waals surface area contributed by atoms with Crippen LogP contribution >= 0.6 is 0 Å². The van der Waals surface area contributed by atoms with Crippen LogP contribution in [0.4, 0.5) is 0 Å². The van der Waals surface area contributed by atoms with Crippen molar-refractivity contribution in [2.24, 2.45) is 0 Å². The molecule has 1 rings (SSSR count). The van der Waals surface area contributed by atoms with Crippen molar-refractivity contribution >= 4 is 0 Å². The number of hydrogen-bond acceptors (Lipinski definition) is 2. The molecule has 0 unspecified atom stereocenters. The van der Waals surface area contributed by atoms with Gasteiger partial charge in [-0.05, 0) is 22.5 Å². The predicted octanol–water partition coefficient (Wildman–Crippen LogP) is 2.03. The Labute approximate surface area is 98.0 Å². The van der Waals surface area contributed by atoms with E-state index < -0.39 is 0 Å². The van der Waals surface area contributed by atoms with Gasteiger partial charge in [-0.15, -0.1) is 0 Å². The normalized spacial score (nSPS) is 12.4. The fraction of sp³-hybridized carbons (Fsp3) is 0.800. The van der Waals surface area contributed by atoms with Gasteiger partial charge in [-0.2, -0.15) is 0 Å². The van der Waals surface area contributed by atoms with Gasteiger partial charge in [0.25, 0.3) is 0 Å². The molecule has 0 aromatic carbocycles. The third-order valence-corrected chi connectivity index (χ3v) is 1.79. The van der Waals surface area contributed by atoms with Crippen molar-refractivity contribution in [3.63, 3.8) is 0 Å². The van der Waals surface area contributed by atoms with Crippen LogP contribution in [0.2, 0.25) is 0 Å². The summed E-state index contributed by atoms with van der Waals surface area (Å²) in [4.78, 5) is 4.43. The Morgan fingerprint density at radius 2 is 1.07 bits per heavy atom. The number of rotatable bonds is 0. The average Bonchev–Trinajstić information content (AvgIpc) is 2.28. The van der Waals surface area contributed by atoms with Crippen LogP contribution in [-0.4, -0.2) is 10.2 Å². The Morgan fingerprint density at radius 1 is 0.786 bits per heavy atom. The van der Waals surface area contributed by atoms with Gasteiger partial charge in [0.2, 0.25) is 0 Å². The molecule has 0 saturated heterocycles. The van der Waals surface area contributed by atoms with E-state index in [-0.39, 0.29) is 29.4 Å². The minimum Gasteiger partial charge on any atom is -0.366 e. The fourth-order valence-corrected chi connectivity index (χ4v) is 0.875. The van der Waals surface area contributed by atoms with Gasteiger partial charge in [-0.1, -0.05) is 41.5 Å². The van der Waals surface area contributed by atoms with Crippen LogP contribution in [-0.2, 0) is 29.4 Å². The molecule has 79 valence electrons. The molecular weight excluding hydrogens is 213 g/mol. The summed E-state index contributed by atoms with van der Waals surface area (Å²) in [6.45, 7) is 12.6. The van der Waals surface area contributed by atoms with Crippen LogP contribution < -0.4 is 4.98 Å². The molecule has 0 aliphatic carbocycles. The van der Waals surface area contributed by atoms with Gasteiger partial charge < -0.3 is 15.2 Å². The van der Waals surface area contributed by atoms with Crippen LogP contribution in [0.25, 0.3) is 0 Å². The molecule has 0 saturated carbocycles. The smallest absolute Gasteiger partial charge is 0 e. The molecule has 0 aliphatic rings. The minimum atomic E-state index is -0.00347. The molecule has 0 aliphatic heterocycles. The van der Waals surface area contributed by atoms with Crippen LogP contribution in [0, 0.1) is 0 Å². The van der Waals surface area contributed by atoms with E-state index in [1.54, 1.807) is 0 Å². The maximum absolute atomic E-state index is 4.43. The molecule has 0 N–H and O–H groups in total. The Morgan fingerprint density at radius 3 is 1.21 bits per heavy atom. The Hall–Kier alpha value is -0.276. The summed E-state index contributed by atoms with van der Waals surface area (Å²) in [6, 6.07) is 0. The van der Waals surface area contributed by atoms with E-state index in [1.165, 1.54) is 0 Å². The van der Waals surface area contributed by atoms with E-state index in [0.29, 0.717) is 0 Å². The topological polar surface area (TPSA) is 39.9 Å². The molecule has 1 aromatic heterocycles. The minimum absolute atomic E-state index is 0. The molecule has 1 aromatic rings. The van der Waals surface area contributed by atoms with E-state index in [2.05, 4.69) is 56.7 Å². The first-order valence-electron chi connectivity index (χ1n) is 4.59. The second-order valence-electron chi connectivity index (χ2n) is 5.46. The third kappa shape index (κ3) is 3.14. The average molecular weight is 231 g/mol. The second-order valence-corrected chi connectivity index (χ2v) is 5.46. The van der Waals surface area contributed by atoms with E-state index in [1.807, 2.05) is 0 Å². The zero-order valence-corrected chi connectivity index (χ0v) is 11.2. The summed E-state index contributed by atoms with van der Waals surface area (Å²) >= 11 is 0. The molecule has 1 heterocycles. The van der Waals surface area contributed by atoms with Crippen LogP contribution in [0.15, 0.2) is 0 Å². The van der Waals surface area contributed by atoms with Crippen molar-refractivity contribution in [1.82, 2.24) is 15.2 Å². The molecule has 0 amide bonds. The van der Waals surface area contributed by atoms with E-state index in [9.17, 15) is 0 Å². The van der Waals surface area contributed by atoms with Crippen molar-refractivity contribution in [2.75, 3.05) is 0 Å². The summed E-state index contributed by atoms with van der Waals surface area (Å²) in [5.41, 5.74) is -0.00694. The van der Waals surface area contributed by atoms with Gasteiger partial charge in [0.05, 0.1) is 0 Å².